The monoisotopic (exact) mass is 394 g/mol. The summed E-state index contributed by atoms with van der Waals surface area (Å²) in [6, 6.07) is 0. The summed E-state index contributed by atoms with van der Waals surface area (Å²) in [4.78, 5) is 22.9. The molecule has 0 aromatic carbocycles. The van der Waals surface area contributed by atoms with Gasteiger partial charge in [-0.15, -0.1) is 0 Å². The Hall–Kier alpha value is -0.440. The number of carbonyl (C=O) groups excluding carboxylic acids is 2. The van der Waals surface area contributed by atoms with Gasteiger partial charge in [0.2, 0.25) is 11.8 Å². The van der Waals surface area contributed by atoms with E-state index in [1.165, 1.54) is 0 Å². The lowest BCUT2D eigenvalue weighted by Crippen LogP contribution is -2.52. The van der Waals surface area contributed by atoms with E-state index >= 15 is 0 Å². The first-order chi connectivity index (χ1) is 12.0. The zero-order chi connectivity index (χ0) is 19.0. The van der Waals surface area contributed by atoms with Gasteiger partial charge in [-0.2, -0.15) is 0 Å². The number of rotatable bonds is 17. The highest BCUT2D eigenvalue weighted by Crippen LogP contribution is 2.23. The van der Waals surface area contributed by atoms with Crippen LogP contribution in [0.25, 0.3) is 0 Å². The Kier molecular flexibility index (Phi) is 15.5. The van der Waals surface area contributed by atoms with Crippen molar-refractivity contribution < 1.29 is 19.1 Å². The fourth-order valence-corrected chi connectivity index (χ4v) is 3.83. The van der Waals surface area contributed by atoms with Crippen molar-refractivity contribution in [3.63, 3.8) is 0 Å². The normalized spacial score (nSPS) is 11.5. The first kappa shape index (κ1) is 24.6. The van der Waals surface area contributed by atoms with Gasteiger partial charge in [-0.3, -0.25) is 9.59 Å². The average molecular weight is 395 g/mol. The lowest BCUT2D eigenvalue weighted by Gasteiger charge is -2.33. The number of hydrogen-bond acceptors (Lipinski definition) is 6. The van der Waals surface area contributed by atoms with Gasteiger partial charge in [0.15, 0.2) is 0 Å². The average Bonchev–Trinajstić information content (AvgIpc) is 2.58. The maximum Gasteiger partial charge on any atom is 0.251 e. The molecule has 148 valence electrons. The molecular weight excluding hydrogens is 360 g/mol. The highest BCUT2D eigenvalue weighted by atomic mass is 33.1. The summed E-state index contributed by atoms with van der Waals surface area (Å²) in [5.74, 6) is -0.0739. The number of unbranched alkanes of at least 4 members (excludes halogenated alkanes) is 2. The summed E-state index contributed by atoms with van der Waals surface area (Å²) in [6.07, 6.45) is 5.22. The van der Waals surface area contributed by atoms with E-state index < -0.39 is 5.91 Å². The second-order valence-electron chi connectivity index (χ2n) is 5.67. The summed E-state index contributed by atoms with van der Waals surface area (Å²) >= 11 is 0. The molecule has 0 saturated carbocycles. The molecule has 0 aromatic rings. The smallest absolute Gasteiger partial charge is 0.251 e. The highest BCUT2D eigenvalue weighted by molar-refractivity contribution is 8.76. The van der Waals surface area contributed by atoms with Crippen LogP contribution in [0.5, 0.6) is 0 Å². The van der Waals surface area contributed by atoms with Crippen molar-refractivity contribution in [2.45, 2.75) is 71.6 Å². The Morgan fingerprint density at radius 3 is 1.92 bits per heavy atom. The maximum absolute atomic E-state index is 12.3. The molecule has 0 aliphatic heterocycles. The molecule has 25 heavy (non-hydrogen) atoms. The van der Waals surface area contributed by atoms with Crippen molar-refractivity contribution in [1.82, 2.24) is 5.32 Å². The zero-order valence-electron chi connectivity index (χ0n) is 15.8. The summed E-state index contributed by atoms with van der Waals surface area (Å²) in [7, 11) is 3.12. The second-order valence-corrected chi connectivity index (χ2v) is 8.37. The van der Waals surface area contributed by atoms with E-state index in [9.17, 15) is 9.59 Å². The summed E-state index contributed by atoms with van der Waals surface area (Å²) in [5.41, 5.74) is 5.09. The molecule has 0 rings (SSSR count). The Morgan fingerprint density at radius 1 is 0.960 bits per heavy atom. The van der Waals surface area contributed by atoms with E-state index in [1.807, 2.05) is 6.92 Å². The highest BCUT2D eigenvalue weighted by Gasteiger charge is 2.31. The molecule has 0 unspecified atom stereocenters. The van der Waals surface area contributed by atoms with Crippen molar-refractivity contribution in [3.8, 4) is 0 Å². The molecule has 0 fully saturated rings. The van der Waals surface area contributed by atoms with Gasteiger partial charge >= 0.3 is 0 Å². The van der Waals surface area contributed by atoms with Crippen LogP contribution in [-0.2, 0) is 19.1 Å². The minimum absolute atomic E-state index is 0.0853. The number of amides is 2. The number of nitrogens with two attached hydrogens (primary N) is 1. The molecule has 0 saturated heterocycles. The van der Waals surface area contributed by atoms with Gasteiger partial charge in [-0.1, -0.05) is 55.2 Å². The van der Waals surface area contributed by atoms with Gasteiger partial charge in [-0.25, -0.2) is 0 Å². The van der Waals surface area contributed by atoms with Gasteiger partial charge in [0.25, 0.3) is 5.91 Å². The molecule has 0 radical (unpaired) electrons. The van der Waals surface area contributed by atoms with Gasteiger partial charge in [-0.05, 0) is 12.8 Å². The van der Waals surface area contributed by atoms with Crippen molar-refractivity contribution >= 4 is 33.4 Å². The summed E-state index contributed by atoms with van der Waals surface area (Å²) < 4.78 is 11.8. The lowest BCUT2D eigenvalue weighted by molar-refractivity contribution is -0.256. The van der Waals surface area contributed by atoms with Gasteiger partial charge in [0, 0.05) is 30.8 Å². The minimum Gasteiger partial charge on any atom is -0.370 e. The molecule has 0 aliphatic carbocycles. The molecular formula is C17H34N2O4S2. The van der Waals surface area contributed by atoms with Crippen LogP contribution in [0.3, 0.4) is 0 Å². The van der Waals surface area contributed by atoms with Crippen LogP contribution in [0, 0.1) is 0 Å². The van der Waals surface area contributed by atoms with E-state index in [0.717, 1.165) is 25.7 Å². The van der Waals surface area contributed by atoms with E-state index in [1.54, 1.807) is 21.6 Å². The summed E-state index contributed by atoms with van der Waals surface area (Å²) in [6.45, 7) is 7.27. The predicted octanol–water partition coefficient (Wildman–Crippen LogP) is 3.45. The van der Waals surface area contributed by atoms with Crippen LogP contribution in [0.2, 0.25) is 0 Å². The second kappa shape index (κ2) is 15.8. The molecule has 3 N–H and O–H groups in total. The van der Waals surface area contributed by atoms with E-state index in [-0.39, 0.29) is 11.8 Å². The van der Waals surface area contributed by atoms with Crippen molar-refractivity contribution in [1.29, 1.82) is 0 Å². The Morgan fingerprint density at radius 2 is 1.48 bits per heavy atom. The van der Waals surface area contributed by atoms with Crippen LogP contribution in [0.4, 0.5) is 0 Å². The number of hydrogen-bond donors (Lipinski definition) is 2. The Bertz CT molecular complexity index is 361. The van der Waals surface area contributed by atoms with Crippen LogP contribution in [0.15, 0.2) is 0 Å². The maximum atomic E-state index is 12.3. The SMILES string of the molecule is CCCCOC(CC)(NC(=O)CCSSCCC(N)=O)OCCCC. The quantitative estimate of drug-likeness (QED) is 0.223. The van der Waals surface area contributed by atoms with Crippen LogP contribution >= 0.6 is 21.6 Å². The van der Waals surface area contributed by atoms with Crippen molar-refractivity contribution in [2.24, 2.45) is 5.73 Å². The van der Waals surface area contributed by atoms with E-state index in [2.05, 4.69) is 19.2 Å². The third-order valence-electron chi connectivity index (χ3n) is 3.39. The number of ether oxygens (including phenoxy) is 2. The van der Waals surface area contributed by atoms with Gasteiger partial charge in [0.1, 0.15) is 0 Å². The lowest BCUT2D eigenvalue weighted by atomic mass is 10.3. The van der Waals surface area contributed by atoms with Gasteiger partial charge in [0.05, 0.1) is 13.2 Å². The molecule has 0 heterocycles. The zero-order valence-corrected chi connectivity index (χ0v) is 17.4. The number of primary amides is 1. The number of carbonyl (C=O) groups is 2. The fourth-order valence-electron chi connectivity index (χ4n) is 1.84. The standard InChI is InChI=1S/C17H34N2O4S2/c1-4-7-11-22-17(6-3,23-12-8-5-2)19-16(21)10-14-25-24-13-9-15(18)20/h4-14H2,1-3H3,(H2,18,20)(H,19,21). The van der Waals surface area contributed by atoms with Crippen molar-refractivity contribution in [2.75, 3.05) is 24.7 Å². The summed E-state index contributed by atoms with van der Waals surface area (Å²) in [5, 5.41) is 2.93. The van der Waals surface area contributed by atoms with E-state index in [4.69, 9.17) is 15.2 Å². The van der Waals surface area contributed by atoms with Crippen LogP contribution < -0.4 is 11.1 Å². The Labute approximate surface area is 160 Å². The first-order valence-electron chi connectivity index (χ1n) is 9.11. The molecule has 0 atom stereocenters. The predicted molar refractivity (Wildman–Crippen MR) is 106 cm³/mol. The van der Waals surface area contributed by atoms with E-state index in [0.29, 0.717) is 44.0 Å². The molecule has 6 nitrogen and oxygen atoms in total. The molecule has 2 amide bonds. The molecule has 0 aromatic heterocycles. The van der Waals surface area contributed by atoms with Crippen LogP contribution in [-0.4, -0.2) is 42.4 Å². The third-order valence-corrected chi connectivity index (χ3v) is 5.80. The molecule has 0 bridgehead atoms. The molecule has 0 spiro atoms. The molecule has 8 heteroatoms. The largest absolute Gasteiger partial charge is 0.370 e. The van der Waals surface area contributed by atoms with Gasteiger partial charge < -0.3 is 20.5 Å². The third kappa shape index (κ3) is 13.4. The van der Waals surface area contributed by atoms with Crippen LogP contribution in [0.1, 0.15) is 65.7 Å². The first-order valence-corrected chi connectivity index (χ1v) is 11.6. The fraction of sp³-hybridized carbons (Fsp3) is 0.882. The number of nitrogens with one attached hydrogen (secondary N) is 1. The topological polar surface area (TPSA) is 90.6 Å². The Balaban J connectivity index is 4.29. The minimum atomic E-state index is -1.02. The molecule has 0 aliphatic rings. The van der Waals surface area contributed by atoms with Crippen molar-refractivity contribution in [3.05, 3.63) is 0 Å².